The third-order valence-corrected chi connectivity index (χ3v) is 4.93. The summed E-state index contributed by atoms with van der Waals surface area (Å²) in [5.74, 6) is 0.624. The SMILES string of the molecule is CC(C)C/C=C/C(=O)OC(CCC(C)C)c1ccc(S(C)(=O)=O)cc1. The highest BCUT2D eigenvalue weighted by Gasteiger charge is 2.17. The first-order valence-corrected chi connectivity index (χ1v) is 10.7. The standard InChI is InChI=1S/C20H30O4S/c1-15(2)7-6-8-20(21)24-19(14-9-16(3)4)17-10-12-18(13-11-17)25(5,22)23/h6,8,10-13,15-16,19H,7,9,14H2,1-5H3/b8-6+. The first kappa shape index (κ1) is 21.4. The molecule has 1 unspecified atom stereocenters. The average Bonchev–Trinajstić information content (AvgIpc) is 2.50. The van der Waals surface area contributed by atoms with E-state index in [9.17, 15) is 13.2 Å². The van der Waals surface area contributed by atoms with Gasteiger partial charge in [0.2, 0.25) is 0 Å². The molecule has 0 radical (unpaired) electrons. The number of ether oxygens (including phenoxy) is 1. The third-order valence-electron chi connectivity index (χ3n) is 3.81. The first-order chi connectivity index (χ1) is 11.6. The summed E-state index contributed by atoms with van der Waals surface area (Å²) in [6.07, 6.45) is 6.58. The van der Waals surface area contributed by atoms with Crippen LogP contribution in [0.15, 0.2) is 41.3 Å². The van der Waals surface area contributed by atoms with E-state index in [0.29, 0.717) is 18.3 Å². The summed E-state index contributed by atoms with van der Waals surface area (Å²) >= 11 is 0. The minimum absolute atomic E-state index is 0.266. The number of rotatable bonds is 9. The highest BCUT2D eigenvalue weighted by atomic mass is 32.2. The largest absolute Gasteiger partial charge is 0.454 e. The average molecular weight is 367 g/mol. The van der Waals surface area contributed by atoms with Crippen LogP contribution >= 0.6 is 0 Å². The normalized spacial score (nSPS) is 13.6. The van der Waals surface area contributed by atoms with Gasteiger partial charge in [-0.1, -0.05) is 45.9 Å². The summed E-state index contributed by atoms with van der Waals surface area (Å²) < 4.78 is 28.8. The maximum atomic E-state index is 12.1. The zero-order chi connectivity index (χ0) is 19.0. The Morgan fingerprint density at radius 2 is 1.64 bits per heavy atom. The molecule has 0 aromatic heterocycles. The minimum atomic E-state index is -3.23. The van der Waals surface area contributed by atoms with E-state index in [2.05, 4.69) is 27.7 Å². The molecule has 0 amide bonds. The molecular formula is C20H30O4S. The lowest BCUT2D eigenvalue weighted by atomic mass is 10.00. The molecule has 0 aliphatic carbocycles. The van der Waals surface area contributed by atoms with Gasteiger partial charge in [0.05, 0.1) is 4.90 Å². The lowest BCUT2D eigenvalue weighted by Crippen LogP contribution is -2.11. The molecule has 0 fully saturated rings. The van der Waals surface area contributed by atoms with Gasteiger partial charge in [-0.15, -0.1) is 0 Å². The summed E-state index contributed by atoms with van der Waals surface area (Å²) in [5, 5.41) is 0. The van der Waals surface area contributed by atoms with E-state index in [1.165, 1.54) is 12.3 Å². The Kier molecular flexibility index (Phi) is 8.36. The Morgan fingerprint density at radius 3 is 2.12 bits per heavy atom. The Bertz CT molecular complexity index is 670. The molecule has 0 saturated heterocycles. The van der Waals surface area contributed by atoms with Gasteiger partial charge < -0.3 is 4.74 Å². The van der Waals surface area contributed by atoms with Crippen molar-refractivity contribution < 1.29 is 17.9 Å². The van der Waals surface area contributed by atoms with E-state index in [4.69, 9.17) is 4.74 Å². The van der Waals surface area contributed by atoms with Crippen molar-refractivity contribution in [2.24, 2.45) is 11.8 Å². The zero-order valence-electron chi connectivity index (χ0n) is 15.9. The van der Waals surface area contributed by atoms with E-state index >= 15 is 0 Å². The van der Waals surface area contributed by atoms with Gasteiger partial charge >= 0.3 is 5.97 Å². The van der Waals surface area contributed by atoms with E-state index in [-0.39, 0.29) is 17.0 Å². The molecule has 1 aromatic carbocycles. The summed E-state index contributed by atoms with van der Waals surface area (Å²) in [5.41, 5.74) is 0.818. The first-order valence-electron chi connectivity index (χ1n) is 8.76. The van der Waals surface area contributed by atoms with E-state index in [1.807, 2.05) is 6.08 Å². The fourth-order valence-electron chi connectivity index (χ4n) is 2.32. The van der Waals surface area contributed by atoms with Gasteiger partial charge in [0.1, 0.15) is 6.10 Å². The van der Waals surface area contributed by atoms with Crippen molar-refractivity contribution in [3.05, 3.63) is 42.0 Å². The van der Waals surface area contributed by atoms with Crippen LogP contribution in [0.1, 0.15) is 58.6 Å². The Morgan fingerprint density at radius 1 is 1.04 bits per heavy atom. The predicted octanol–water partition coefficient (Wildman–Crippen LogP) is 4.71. The molecule has 5 heteroatoms. The topological polar surface area (TPSA) is 60.4 Å². The summed E-state index contributed by atoms with van der Waals surface area (Å²) in [6.45, 7) is 8.41. The molecule has 0 aliphatic heterocycles. The van der Waals surface area contributed by atoms with E-state index < -0.39 is 9.84 Å². The summed E-state index contributed by atoms with van der Waals surface area (Å²) in [7, 11) is -3.23. The minimum Gasteiger partial charge on any atom is -0.454 e. The molecule has 140 valence electrons. The number of benzene rings is 1. The van der Waals surface area contributed by atoms with Crippen molar-refractivity contribution in [1.29, 1.82) is 0 Å². The third kappa shape index (κ3) is 8.34. The van der Waals surface area contributed by atoms with Gasteiger partial charge in [-0.3, -0.25) is 0 Å². The van der Waals surface area contributed by atoms with E-state index in [0.717, 1.165) is 18.4 Å². The van der Waals surface area contributed by atoms with Gasteiger partial charge in [-0.2, -0.15) is 0 Å². The van der Waals surface area contributed by atoms with Crippen LogP contribution in [0.5, 0.6) is 0 Å². The molecule has 0 saturated carbocycles. The van der Waals surface area contributed by atoms with E-state index in [1.54, 1.807) is 24.3 Å². The monoisotopic (exact) mass is 366 g/mol. The van der Waals surface area contributed by atoms with Crippen LogP contribution in [0.2, 0.25) is 0 Å². The fraction of sp³-hybridized carbons (Fsp3) is 0.550. The number of sulfone groups is 1. The molecule has 4 nitrogen and oxygen atoms in total. The number of allylic oxidation sites excluding steroid dienone is 1. The number of hydrogen-bond acceptors (Lipinski definition) is 4. The highest BCUT2D eigenvalue weighted by Crippen LogP contribution is 2.26. The molecule has 1 rings (SSSR count). The van der Waals surface area contributed by atoms with Gasteiger partial charge in [0.15, 0.2) is 9.84 Å². The molecule has 0 spiro atoms. The second-order valence-electron chi connectivity index (χ2n) is 7.27. The predicted molar refractivity (Wildman–Crippen MR) is 101 cm³/mol. The van der Waals surface area contributed by atoms with Crippen LogP contribution in [-0.2, 0) is 19.4 Å². The Balaban J connectivity index is 2.89. The lowest BCUT2D eigenvalue weighted by Gasteiger charge is -2.19. The van der Waals surface area contributed by atoms with Crippen molar-refractivity contribution in [3.63, 3.8) is 0 Å². The number of carbonyl (C=O) groups is 1. The Hall–Kier alpha value is -1.62. The molecule has 1 atom stereocenters. The number of esters is 1. The van der Waals surface area contributed by atoms with Gasteiger partial charge in [0.25, 0.3) is 0 Å². The molecule has 1 aromatic rings. The molecule has 0 heterocycles. The smallest absolute Gasteiger partial charge is 0.331 e. The van der Waals surface area contributed by atoms with Crippen LogP contribution in [0, 0.1) is 11.8 Å². The summed E-state index contributed by atoms with van der Waals surface area (Å²) in [4.78, 5) is 12.3. The molecular weight excluding hydrogens is 336 g/mol. The fourth-order valence-corrected chi connectivity index (χ4v) is 2.95. The maximum Gasteiger partial charge on any atom is 0.331 e. The quantitative estimate of drug-likeness (QED) is 0.469. The van der Waals surface area contributed by atoms with Crippen LogP contribution in [-0.4, -0.2) is 20.6 Å². The van der Waals surface area contributed by atoms with Gasteiger partial charge in [0, 0.05) is 12.3 Å². The van der Waals surface area contributed by atoms with Crippen LogP contribution in [0.3, 0.4) is 0 Å². The second kappa shape index (κ2) is 9.76. The molecule has 0 aliphatic rings. The molecule has 0 bridgehead atoms. The van der Waals surface area contributed by atoms with Crippen molar-refractivity contribution in [1.82, 2.24) is 0 Å². The highest BCUT2D eigenvalue weighted by molar-refractivity contribution is 7.90. The van der Waals surface area contributed by atoms with Crippen molar-refractivity contribution in [2.75, 3.05) is 6.26 Å². The van der Waals surface area contributed by atoms with Crippen molar-refractivity contribution >= 4 is 15.8 Å². The van der Waals surface area contributed by atoms with Crippen LogP contribution in [0.4, 0.5) is 0 Å². The number of hydrogen-bond donors (Lipinski definition) is 0. The Labute approximate surface area is 152 Å². The van der Waals surface area contributed by atoms with Gasteiger partial charge in [-0.25, -0.2) is 13.2 Å². The van der Waals surface area contributed by atoms with Crippen LogP contribution < -0.4 is 0 Å². The maximum absolute atomic E-state index is 12.1. The van der Waals surface area contributed by atoms with Crippen LogP contribution in [0.25, 0.3) is 0 Å². The van der Waals surface area contributed by atoms with Crippen molar-refractivity contribution in [3.8, 4) is 0 Å². The summed E-state index contributed by atoms with van der Waals surface area (Å²) in [6, 6.07) is 6.59. The van der Waals surface area contributed by atoms with Crippen molar-refractivity contribution in [2.45, 2.75) is 58.0 Å². The second-order valence-corrected chi connectivity index (χ2v) is 9.29. The molecule has 0 N–H and O–H groups in total. The molecule has 25 heavy (non-hydrogen) atoms. The lowest BCUT2D eigenvalue weighted by molar-refractivity contribution is -0.143. The zero-order valence-corrected chi connectivity index (χ0v) is 16.7. The number of carbonyl (C=O) groups excluding carboxylic acids is 1. The van der Waals surface area contributed by atoms with Gasteiger partial charge in [-0.05, 0) is 48.8 Å².